The summed E-state index contributed by atoms with van der Waals surface area (Å²) in [7, 11) is 1.16. The number of hydrogen-bond donors (Lipinski definition) is 2. The summed E-state index contributed by atoms with van der Waals surface area (Å²) in [4.78, 5) is 28.9. The van der Waals surface area contributed by atoms with Crippen LogP contribution in [0.1, 0.15) is 0 Å². The van der Waals surface area contributed by atoms with Crippen molar-refractivity contribution in [3.8, 4) is 17.4 Å². The third kappa shape index (κ3) is 4.40. The molecule has 13 heteroatoms. The van der Waals surface area contributed by atoms with Crippen molar-refractivity contribution in [3.63, 3.8) is 0 Å². The van der Waals surface area contributed by atoms with Gasteiger partial charge in [0.25, 0.3) is 0 Å². The highest BCUT2D eigenvalue weighted by Gasteiger charge is 2.59. The molecule has 11 nitrogen and oxygen atoms in total. The van der Waals surface area contributed by atoms with Crippen LogP contribution in [0.15, 0.2) is 48.7 Å². The van der Waals surface area contributed by atoms with Crippen LogP contribution in [-0.2, 0) is 19.4 Å². The fourth-order valence-electron chi connectivity index (χ4n) is 3.02. The first-order valence-electron chi connectivity index (χ1n) is 9.67. The van der Waals surface area contributed by atoms with Crippen molar-refractivity contribution < 1.29 is 28.8 Å². The van der Waals surface area contributed by atoms with Gasteiger partial charge in [0.1, 0.15) is 16.5 Å². The molecule has 0 radical (unpaired) electrons. The van der Waals surface area contributed by atoms with Crippen LogP contribution >= 0.6 is 19.5 Å². The maximum atomic E-state index is 6.30. The van der Waals surface area contributed by atoms with E-state index < -0.39 is 6.16 Å². The van der Waals surface area contributed by atoms with E-state index in [9.17, 15) is 0 Å². The molecule has 2 N–H and O–H groups in total. The summed E-state index contributed by atoms with van der Waals surface area (Å²) in [6, 6.07) is 13.0. The molecular formula is C20H19ClN5O6P. The summed E-state index contributed by atoms with van der Waals surface area (Å²) in [5.74, 6) is 1.73. The summed E-state index contributed by atoms with van der Waals surface area (Å²) in [6.45, 7) is 4.31. The largest absolute Gasteiger partial charge is 0.495 e. The van der Waals surface area contributed by atoms with Gasteiger partial charge < -0.3 is 14.8 Å². The first-order valence-corrected chi connectivity index (χ1v) is 12.3. The number of hydrogen-bond acceptors (Lipinski definition) is 11. The molecule has 1 spiro atoms. The summed E-state index contributed by atoms with van der Waals surface area (Å²) in [5.41, 5.74) is 3.28. The van der Waals surface area contributed by atoms with Gasteiger partial charge in [0.15, 0.2) is 0 Å². The number of benzene rings is 2. The van der Waals surface area contributed by atoms with Gasteiger partial charge in [-0.05, 0) is 31.5 Å². The zero-order chi connectivity index (χ0) is 23.0. The molecule has 2 aliphatic rings. The predicted molar refractivity (Wildman–Crippen MR) is 121 cm³/mol. The number of para-hydroxylation sites is 1. The lowest BCUT2D eigenvalue weighted by Crippen LogP contribution is -2.70. The Kier molecular flexibility index (Phi) is 5.94. The van der Waals surface area contributed by atoms with Crippen LogP contribution in [-0.4, -0.2) is 36.6 Å². The molecule has 0 amide bonds. The van der Waals surface area contributed by atoms with E-state index in [1.54, 1.807) is 18.2 Å². The minimum Gasteiger partial charge on any atom is -0.494 e. The maximum absolute atomic E-state index is 6.30. The van der Waals surface area contributed by atoms with Crippen molar-refractivity contribution in [1.29, 1.82) is 0 Å². The van der Waals surface area contributed by atoms with Crippen molar-refractivity contribution in [1.82, 2.24) is 15.6 Å². The second-order valence-corrected chi connectivity index (χ2v) is 9.73. The molecule has 0 aliphatic carbocycles. The van der Waals surface area contributed by atoms with E-state index in [0.29, 0.717) is 27.9 Å². The lowest BCUT2D eigenvalue weighted by Gasteiger charge is -2.48. The fraction of sp³-hybridized carbons (Fsp3) is 0.200. The van der Waals surface area contributed by atoms with Crippen molar-refractivity contribution in [2.24, 2.45) is 0 Å². The van der Waals surface area contributed by atoms with Gasteiger partial charge in [-0.3, -0.25) is 0 Å². The average Bonchev–Trinajstić information content (AvgIpc) is 2.75. The third-order valence-electron chi connectivity index (χ3n) is 4.63. The lowest BCUT2D eigenvalue weighted by molar-refractivity contribution is -0.720. The van der Waals surface area contributed by atoms with E-state index in [2.05, 4.69) is 34.3 Å². The number of nitrogens with one attached hydrogen (secondary N) is 2. The molecule has 33 heavy (non-hydrogen) atoms. The third-order valence-corrected chi connectivity index (χ3v) is 6.22. The summed E-state index contributed by atoms with van der Waals surface area (Å²) in [6.07, 6.45) is -0.0582. The Morgan fingerprint density at radius 1 is 1.12 bits per heavy atom. The Balaban J connectivity index is 1.34. The van der Waals surface area contributed by atoms with Gasteiger partial charge in [0.2, 0.25) is 11.8 Å². The number of methoxy groups -OCH3 is 1. The van der Waals surface area contributed by atoms with Crippen molar-refractivity contribution in [2.45, 2.75) is 6.16 Å². The Bertz CT molecular complexity index is 1170. The first-order chi connectivity index (χ1) is 16.0. The quantitative estimate of drug-likeness (QED) is 0.471. The Morgan fingerprint density at radius 3 is 2.61 bits per heavy atom. The molecule has 3 heterocycles. The second kappa shape index (κ2) is 8.88. The van der Waals surface area contributed by atoms with Gasteiger partial charge in [-0.15, -0.1) is 5.23 Å². The average molecular weight is 492 g/mol. The number of ether oxygens (including phenoxy) is 2. The zero-order valence-corrected chi connectivity index (χ0v) is 19.4. The summed E-state index contributed by atoms with van der Waals surface area (Å²) in [5, 5.41) is 5.65. The van der Waals surface area contributed by atoms with Gasteiger partial charge in [-0.1, -0.05) is 43.4 Å². The molecule has 2 aromatic carbocycles. The number of nitrogens with zero attached hydrogens (tertiary/aromatic N) is 3. The molecule has 0 atom stereocenters. The van der Waals surface area contributed by atoms with Crippen LogP contribution in [0.3, 0.4) is 0 Å². The zero-order valence-electron chi connectivity index (χ0n) is 17.7. The molecule has 2 saturated heterocycles. The van der Waals surface area contributed by atoms with Gasteiger partial charge in [-0.2, -0.15) is 24.3 Å². The van der Waals surface area contributed by atoms with E-state index >= 15 is 0 Å². The Hall–Kier alpha value is -2.76. The van der Waals surface area contributed by atoms with Crippen LogP contribution in [0, 0.1) is 0 Å². The van der Waals surface area contributed by atoms with E-state index in [4.69, 9.17) is 40.4 Å². The highest BCUT2D eigenvalue weighted by atomic mass is 35.5. The molecule has 0 saturated carbocycles. The van der Waals surface area contributed by atoms with Gasteiger partial charge in [0, 0.05) is 11.4 Å². The predicted octanol–water partition coefficient (Wildman–Crippen LogP) is 3.80. The highest BCUT2D eigenvalue weighted by molar-refractivity contribution is 7.64. The highest BCUT2D eigenvalue weighted by Crippen LogP contribution is 2.40. The molecule has 5 rings (SSSR count). The van der Waals surface area contributed by atoms with Crippen LogP contribution in [0.4, 0.5) is 17.3 Å². The number of aromatic nitrogens is 2. The topological polar surface area (TPSA) is 108 Å². The normalized spacial score (nSPS) is 16.3. The molecule has 3 aromatic rings. The van der Waals surface area contributed by atoms with Crippen LogP contribution in [0.25, 0.3) is 0 Å². The smallest absolute Gasteiger partial charge is 0.494 e. The van der Waals surface area contributed by atoms with Crippen molar-refractivity contribution in [2.75, 3.05) is 31.0 Å². The van der Waals surface area contributed by atoms with Crippen molar-refractivity contribution >= 4 is 42.2 Å². The minimum absolute atomic E-state index is 0.246. The second-order valence-electron chi connectivity index (χ2n) is 7.05. The van der Waals surface area contributed by atoms with E-state index in [-0.39, 0.29) is 19.7 Å². The molecule has 2 aliphatic heterocycles. The Labute approximate surface area is 195 Å². The standard InChI is InChI=1S/C20H19ClN5O6P/c1-27-16-10-12(26-31-20(32-26)29-25-30-20)8-9-14(16)23-19-22-11-13(21)18(24-19)28-15-6-4-5-7-17(15)33(2)3/h4-11,25H,1-3H3,(H,22,23,24). The summed E-state index contributed by atoms with van der Waals surface area (Å²) >= 11 is 6.30. The molecule has 2 fully saturated rings. The van der Waals surface area contributed by atoms with Gasteiger partial charge in [0.05, 0.1) is 24.7 Å². The lowest BCUT2D eigenvalue weighted by atomic mass is 10.2. The first kappa shape index (κ1) is 22.1. The van der Waals surface area contributed by atoms with Gasteiger partial charge in [-0.25, -0.2) is 4.98 Å². The summed E-state index contributed by atoms with van der Waals surface area (Å²) < 4.78 is 11.5. The number of rotatable bonds is 7. The Morgan fingerprint density at radius 2 is 1.91 bits per heavy atom. The molecule has 0 bridgehead atoms. The molecule has 1 aromatic heterocycles. The number of halogens is 1. The maximum Gasteiger partial charge on any atom is 0.495 e. The van der Waals surface area contributed by atoms with Crippen LogP contribution in [0.2, 0.25) is 5.02 Å². The van der Waals surface area contributed by atoms with E-state index in [1.807, 2.05) is 24.3 Å². The monoisotopic (exact) mass is 491 g/mol. The van der Waals surface area contributed by atoms with E-state index in [0.717, 1.165) is 10.5 Å². The van der Waals surface area contributed by atoms with E-state index in [1.165, 1.54) is 13.3 Å². The fourth-order valence-corrected chi connectivity index (χ4v) is 4.09. The van der Waals surface area contributed by atoms with Crippen LogP contribution in [0.5, 0.6) is 17.4 Å². The van der Waals surface area contributed by atoms with Crippen LogP contribution < -0.4 is 31.0 Å². The number of anilines is 3. The van der Waals surface area contributed by atoms with Gasteiger partial charge >= 0.3 is 6.16 Å². The SMILES string of the molecule is COc1cc(N2OC3(ONO3)O2)ccc1Nc1ncc(Cl)c(Oc2ccccc2P(C)C)n1. The molecule has 172 valence electrons. The van der Waals surface area contributed by atoms with Crippen molar-refractivity contribution in [3.05, 3.63) is 53.7 Å². The molecule has 0 unspecified atom stereocenters. The minimum atomic E-state index is -1.53. The molecular weight excluding hydrogens is 473 g/mol.